The Balaban J connectivity index is 1.53. The topological polar surface area (TPSA) is 49.4 Å². The summed E-state index contributed by atoms with van der Waals surface area (Å²) < 4.78 is 13.0. The molecule has 0 bridgehead atoms. The van der Waals surface area contributed by atoms with E-state index in [1.54, 1.807) is 41.3 Å². The molecule has 7 heteroatoms. The van der Waals surface area contributed by atoms with Crippen molar-refractivity contribution >= 4 is 40.9 Å². The van der Waals surface area contributed by atoms with Crippen LogP contribution in [0.3, 0.4) is 0 Å². The molecule has 0 saturated heterocycles. The lowest BCUT2D eigenvalue weighted by molar-refractivity contribution is -0.116. The average molecular weight is 441 g/mol. The van der Waals surface area contributed by atoms with Gasteiger partial charge in [0.1, 0.15) is 5.82 Å². The van der Waals surface area contributed by atoms with Gasteiger partial charge < -0.3 is 10.2 Å². The fraction of sp³-hybridized carbons (Fsp3) is 0.130. The van der Waals surface area contributed by atoms with Crippen LogP contribution < -0.4 is 10.2 Å². The van der Waals surface area contributed by atoms with Crippen LogP contribution in [0.4, 0.5) is 10.1 Å². The summed E-state index contributed by atoms with van der Waals surface area (Å²) >= 11 is 7.42. The van der Waals surface area contributed by atoms with Crippen LogP contribution in [0.25, 0.3) is 0 Å². The van der Waals surface area contributed by atoms with Crippen molar-refractivity contribution in [2.75, 3.05) is 10.7 Å². The molecule has 152 valence electrons. The number of halogens is 2. The number of carbonyl (C=O) groups excluding carboxylic acids is 2. The van der Waals surface area contributed by atoms with E-state index in [2.05, 4.69) is 5.32 Å². The maximum Gasteiger partial charge on any atom is 0.251 e. The minimum atomic E-state index is -0.317. The first kappa shape index (κ1) is 20.4. The van der Waals surface area contributed by atoms with Gasteiger partial charge in [0.15, 0.2) is 0 Å². The molecule has 3 aromatic rings. The quantitative estimate of drug-likeness (QED) is 0.604. The van der Waals surface area contributed by atoms with E-state index in [4.69, 9.17) is 11.6 Å². The second-order valence-electron chi connectivity index (χ2n) is 6.89. The Hall–Kier alpha value is -2.83. The number of fused-ring (bicyclic) bond motifs is 1. The van der Waals surface area contributed by atoms with Gasteiger partial charge >= 0.3 is 0 Å². The molecule has 0 radical (unpaired) electrons. The average Bonchev–Trinajstić information content (AvgIpc) is 2.76. The van der Waals surface area contributed by atoms with Crippen LogP contribution in [0.1, 0.15) is 21.5 Å². The highest BCUT2D eigenvalue weighted by molar-refractivity contribution is 8.00. The molecule has 1 N–H and O–H groups in total. The third kappa shape index (κ3) is 4.66. The minimum Gasteiger partial charge on any atom is -0.348 e. The largest absolute Gasteiger partial charge is 0.348 e. The Kier molecular flexibility index (Phi) is 6.06. The first-order chi connectivity index (χ1) is 14.5. The Morgan fingerprint density at radius 1 is 1.03 bits per heavy atom. The molecule has 4 rings (SSSR count). The van der Waals surface area contributed by atoms with Crippen molar-refractivity contribution in [2.24, 2.45) is 0 Å². The summed E-state index contributed by atoms with van der Waals surface area (Å²) in [6.07, 6.45) is 0. The summed E-state index contributed by atoms with van der Waals surface area (Å²) in [6.45, 7) is 0.697. The van der Waals surface area contributed by atoms with E-state index in [1.807, 2.05) is 18.2 Å². The summed E-state index contributed by atoms with van der Waals surface area (Å²) in [7, 11) is 0. The van der Waals surface area contributed by atoms with Gasteiger partial charge in [0.25, 0.3) is 5.91 Å². The maximum atomic E-state index is 13.0. The Labute approximate surface area is 183 Å². The van der Waals surface area contributed by atoms with E-state index in [1.165, 1.54) is 23.9 Å². The van der Waals surface area contributed by atoms with Gasteiger partial charge in [-0.25, -0.2) is 4.39 Å². The molecule has 1 heterocycles. The standard InChI is InChI=1S/C23H18ClFN2O2S/c24-18-6-1-16(2-7-18)13-27-20-11-17(5-10-21(20)30-14-22(27)28)23(29)26-12-15-3-8-19(25)9-4-15/h1-11H,12-14H2,(H,26,29). The smallest absolute Gasteiger partial charge is 0.251 e. The number of hydrogen-bond donors (Lipinski definition) is 1. The fourth-order valence-corrected chi connectivity index (χ4v) is 4.22. The zero-order chi connectivity index (χ0) is 21.1. The first-order valence-electron chi connectivity index (χ1n) is 9.34. The highest BCUT2D eigenvalue weighted by Crippen LogP contribution is 2.37. The molecular formula is C23H18ClFN2O2S. The molecular weight excluding hydrogens is 423 g/mol. The molecule has 0 atom stereocenters. The molecule has 30 heavy (non-hydrogen) atoms. The number of rotatable bonds is 5. The number of anilines is 1. The van der Waals surface area contributed by atoms with Crippen molar-refractivity contribution in [1.82, 2.24) is 5.32 Å². The van der Waals surface area contributed by atoms with Crippen LogP contribution in [0.15, 0.2) is 71.6 Å². The second kappa shape index (κ2) is 8.90. The van der Waals surface area contributed by atoms with Gasteiger partial charge in [-0.05, 0) is 53.6 Å². The van der Waals surface area contributed by atoms with E-state index in [-0.39, 0.29) is 17.6 Å². The summed E-state index contributed by atoms with van der Waals surface area (Å²) in [4.78, 5) is 27.9. The van der Waals surface area contributed by atoms with Crippen LogP contribution >= 0.6 is 23.4 Å². The maximum absolute atomic E-state index is 13.0. The molecule has 0 aromatic heterocycles. The van der Waals surface area contributed by atoms with Crippen molar-refractivity contribution in [3.8, 4) is 0 Å². The molecule has 0 aliphatic carbocycles. The summed E-state index contributed by atoms with van der Waals surface area (Å²) in [5.41, 5.74) is 2.95. The molecule has 1 aliphatic heterocycles. The number of hydrogen-bond acceptors (Lipinski definition) is 3. The summed E-state index contributed by atoms with van der Waals surface area (Å²) in [6, 6.07) is 18.7. The number of nitrogens with zero attached hydrogens (tertiary/aromatic N) is 1. The molecule has 1 aliphatic rings. The highest BCUT2D eigenvalue weighted by atomic mass is 35.5. The summed E-state index contributed by atoms with van der Waals surface area (Å²) in [5.74, 6) is -0.220. The van der Waals surface area contributed by atoms with E-state index >= 15 is 0 Å². The molecule has 2 amide bonds. The van der Waals surface area contributed by atoms with Crippen LogP contribution in [0, 0.1) is 5.82 Å². The van der Waals surface area contributed by atoms with E-state index < -0.39 is 0 Å². The summed E-state index contributed by atoms with van der Waals surface area (Å²) in [5, 5.41) is 3.48. The van der Waals surface area contributed by atoms with Crippen LogP contribution in [-0.2, 0) is 17.9 Å². The number of thioether (sulfide) groups is 1. The zero-order valence-electron chi connectivity index (χ0n) is 15.9. The van der Waals surface area contributed by atoms with E-state index in [0.29, 0.717) is 29.4 Å². The van der Waals surface area contributed by atoms with Crippen molar-refractivity contribution in [3.63, 3.8) is 0 Å². The molecule has 3 aromatic carbocycles. The normalized spacial score (nSPS) is 13.1. The predicted molar refractivity (Wildman–Crippen MR) is 117 cm³/mol. The van der Waals surface area contributed by atoms with Gasteiger partial charge in [-0.15, -0.1) is 11.8 Å². The highest BCUT2D eigenvalue weighted by Gasteiger charge is 2.26. The number of carbonyl (C=O) groups is 2. The molecule has 0 unspecified atom stereocenters. The lowest BCUT2D eigenvalue weighted by Crippen LogP contribution is -2.35. The minimum absolute atomic E-state index is 0.00804. The lowest BCUT2D eigenvalue weighted by Gasteiger charge is -2.29. The van der Waals surface area contributed by atoms with Crippen LogP contribution in [0.2, 0.25) is 5.02 Å². The first-order valence-corrected chi connectivity index (χ1v) is 10.7. The van der Waals surface area contributed by atoms with Crippen molar-refractivity contribution < 1.29 is 14.0 Å². The van der Waals surface area contributed by atoms with Gasteiger partial charge in [0, 0.05) is 22.0 Å². The van der Waals surface area contributed by atoms with Gasteiger partial charge in [-0.3, -0.25) is 9.59 Å². The lowest BCUT2D eigenvalue weighted by atomic mass is 10.1. The zero-order valence-corrected chi connectivity index (χ0v) is 17.5. The monoisotopic (exact) mass is 440 g/mol. The predicted octanol–water partition coefficient (Wildman–Crippen LogP) is 5.05. The van der Waals surface area contributed by atoms with Crippen molar-refractivity contribution in [3.05, 3.63) is 94.3 Å². The number of benzene rings is 3. The number of amides is 2. The Morgan fingerprint density at radius 2 is 1.73 bits per heavy atom. The van der Waals surface area contributed by atoms with Crippen LogP contribution in [0.5, 0.6) is 0 Å². The van der Waals surface area contributed by atoms with Gasteiger partial charge in [0.2, 0.25) is 5.91 Å². The third-order valence-electron chi connectivity index (χ3n) is 4.78. The third-order valence-corrected chi connectivity index (χ3v) is 6.08. The number of nitrogens with one attached hydrogen (secondary N) is 1. The second-order valence-corrected chi connectivity index (χ2v) is 8.34. The Bertz CT molecular complexity index is 1090. The van der Waals surface area contributed by atoms with E-state index in [9.17, 15) is 14.0 Å². The van der Waals surface area contributed by atoms with Gasteiger partial charge in [-0.1, -0.05) is 35.9 Å². The molecule has 0 spiro atoms. The van der Waals surface area contributed by atoms with Crippen LogP contribution in [-0.4, -0.2) is 17.6 Å². The van der Waals surface area contributed by atoms with Gasteiger partial charge in [-0.2, -0.15) is 0 Å². The van der Waals surface area contributed by atoms with E-state index in [0.717, 1.165) is 21.7 Å². The molecule has 0 fully saturated rings. The Morgan fingerprint density at radius 3 is 2.47 bits per heavy atom. The van der Waals surface area contributed by atoms with Crippen molar-refractivity contribution in [2.45, 2.75) is 18.0 Å². The molecule has 4 nitrogen and oxygen atoms in total. The van der Waals surface area contributed by atoms with Gasteiger partial charge in [0.05, 0.1) is 18.0 Å². The van der Waals surface area contributed by atoms with Crippen molar-refractivity contribution in [1.29, 1.82) is 0 Å². The fourth-order valence-electron chi connectivity index (χ4n) is 3.18. The molecule has 0 saturated carbocycles. The SMILES string of the molecule is O=C(NCc1ccc(F)cc1)c1ccc2c(c1)N(Cc1ccc(Cl)cc1)C(=O)CS2.